The lowest BCUT2D eigenvalue weighted by Crippen LogP contribution is -2.51. The molecule has 22 heavy (non-hydrogen) atoms. The van der Waals surface area contributed by atoms with Crippen molar-refractivity contribution in [2.45, 2.75) is 91.3 Å². The van der Waals surface area contributed by atoms with Crippen LogP contribution in [0, 0.1) is 17.8 Å². The average Bonchev–Trinajstić information content (AvgIpc) is 2.47. The summed E-state index contributed by atoms with van der Waals surface area (Å²) in [4.78, 5) is 0. The number of piperidine rings is 2. The molecule has 2 heterocycles. The fourth-order valence-electron chi connectivity index (χ4n) is 3.62. The third kappa shape index (κ3) is 6.97. The molecule has 3 unspecified atom stereocenters. The summed E-state index contributed by atoms with van der Waals surface area (Å²) in [5.74, 6) is 2.03. The molecule has 132 valence electrons. The monoisotopic (exact) mass is 312 g/mol. The Hall–Kier alpha value is -0.120. The average molecular weight is 313 g/mol. The lowest BCUT2D eigenvalue weighted by Gasteiger charge is -2.39. The second-order valence-corrected chi connectivity index (χ2v) is 8.65. The Morgan fingerprint density at radius 3 is 2.14 bits per heavy atom. The zero-order chi connectivity index (χ0) is 16.8. The third-order valence-corrected chi connectivity index (χ3v) is 5.31. The minimum atomic E-state index is 0.366. The number of hydrogen-bond donors (Lipinski definition) is 3. The largest absolute Gasteiger partial charge is 0.396 e. The van der Waals surface area contributed by atoms with Crippen LogP contribution in [0.15, 0.2) is 0 Å². The van der Waals surface area contributed by atoms with Crippen LogP contribution in [-0.4, -0.2) is 35.9 Å². The van der Waals surface area contributed by atoms with Crippen LogP contribution in [0.2, 0.25) is 0 Å². The molecule has 0 saturated carbocycles. The van der Waals surface area contributed by atoms with Crippen molar-refractivity contribution in [3.05, 3.63) is 0 Å². The highest BCUT2D eigenvalue weighted by atomic mass is 16.3. The van der Waals surface area contributed by atoms with Crippen LogP contribution in [0.4, 0.5) is 0 Å². The molecule has 0 bridgehead atoms. The maximum Gasteiger partial charge on any atom is 0.0460 e. The van der Waals surface area contributed by atoms with Gasteiger partial charge in [-0.1, -0.05) is 34.1 Å². The molecule has 0 aromatic carbocycles. The van der Waals surface area contributed by atoms with Gasteiger partial charge in [-0.15, -0.1) is 0 Å². The molecule has 0 amide bonds. The van der Waals surface area contributed by atoms with Crippen LogP contribution >= 0.6 is 0 Å². The zero-order valence-corrected chi connectivity index (χ0v) is 15.8. The number of hydrogen-bond acceptors (Lipinski definition) is 3. The molecule has 2 saturated heterocycles. The Morgan fingerprint density at radius 1 is 1.05 bits per heavy atom. The molecule has 0 spiro atoms. The van der Waals surface area contributed by atoms with Crippen molar-refractivity contribution < 1.29 is 5.11 Å². The Labute approximate surface area is 138 Å². The molecule has 0 aromatic heterocycles. The highest BCUT2D eigenvalue weighted by Crippen LogP contribution is 2.24. The molecule has 0 aliphatic carbocycles. The first-order valence-corrected chi connectivity index (χ1v) is 9.37. The highest BCUT2D eigenvalue weighted by molar-refractivity contribution is 4.88. The van der Waals surface area contributed by atoms with Gasteiger partial charge in [0.1, 0.15) is 0 Å². The molecular formula is C19H40N2O. The van der Waals surface area contributed by atoms with Crippen LogP contribution in [0.5, 0.6) is 0 Å². The Kier molecular flexibility index (Phi) is 8.37. The summed E-state index contributed by atoms with van der Waals surface area (Å²) >= 11 is 0. The maximum atomic E-state index is 8.96. The van der Waals surface area contributed by atoms with E-state index >= 15 is 0 Å². The van der Waals surface area contributed by atoms with Crippen molar-refractivity contribution in [1.29, 1.82) is 0 Å². The minimum absolute atomic E-state index is 0.366. The van der Waals surface area contributed by atoms with Gasteiger partial charge < -0.3 is 15.7 Å². The van der Waals surface area contributed by atoms with Crippen LogP contribution in [0.25, 0.3) is 0 Å². The first-order valence-electron chi connectivity index (χ1n) is 9.37. The van der Waals surface area contributed by atoms with E-state index in [1.165, 1.54) is 19.3 Å². The van der Waals surface area contributed by atoms with Gasteiger partial charge in [0, 0.05) is 24.2 Å². The van der Waals surface area contributed by atoms with Crippen LogP contribution in [0.3, 0.4) is 0 Å². The van der Waals surface area contributed by atoms with Crippen molar-refractivity contribution in [2.24, 2.45) is 17.8 Å². The molecule has 3 N–H and O–H groups in total. The van der Waals surface area contributed by atoms with Crippen LogP contribution in [-0.2, 0) is 0 Å². The Morgan fingerprint density at radius 2 is 1.68 bits per heavy atom. The van der Waals surface area contributed by atoms with Crippen molar-refractivity contribution in [3.63, 3.8) is 0 Å². The Bertz CT molecular complexity index is 302. The van der Waals surface area contributed by atoms with E-state index in [0.717, 1.165) is 31.3 Å². The zero-order valence-electron chi connectivity index (χ0n) is 15.8. The number of aliphatic hydroxyl groups is 1. The summed E-state index contributed by atoms with van der Waals surface area (Å²) < 4.78 is 0. The fraction of sp³-hybridized carbons (Fsp3) is 1.00. The van der Waals surface area contributed by atoms with E-state index in [1.807, 2.05) is 0 Å². The first kappa shape index (κ1) is 19.9. The van der Waals surface area contributed by atoms with E-state index in [-0.39, 0.29) is 0 Å². The molecule has 2 aliphatic rings. The van der Waals surface area contributed by atoms with Gasteiger partial charge in [0.05, 0.1) is 0 Å². The van der Waals surface area contributed by atoms with Crippen LogP contribution < -0.4 is 10.6 Å². The predicted molar refractivity (Wildman–Crippen MR) is 96.1 cm³/mol. The van der Waals surface area contributed by atoms with E-state index in [2.05, 4.69) is 52.2 Å². The van der Waals surface area contributed by atoms with Crippen LogP contribution in [0.1, 0.15) is 73.6 Å². The van der Waals surface area contributed by atoms with Gasteiger partial charge in [-0.2, -0.15) is 0 Å². The second kappa shape index (κ2) is 9.24. The maximum absolute atomic E-state index is 8.96. The number of rotatable bonds is 3. The van der Waals surface area contributed by atoms with Gasteiger partial charge in [-0.25, -0.2) is 0 Å². The number of nitrogens with one attached hydrogen (secondary N) is 2. The molecule has 2 rings (SSSR count). The van der Waals surface area contributed by atoms with Crippen molar-refractivity contribution >= 4 is 0 Å². The lowest BCUT2D eigenvalue weighted by molar-refractivity contribution is 0.162. The molecule has 3 atom stereocenters. The molecule has 3 heteroatoms. The molecule has 3 nitrogen and oxygen atoms in total. The smallest absolute Gasteiger partial charge is 0.0460 e. The van der Waals surface area contributed by atoms with Gasteiger partial charge >= 0.3 is 0 Å². The summed E-state index contributed by atoms with van der Waals surface area (Å²) in [6.07, 6.45) is 6.37. The summed E-state index contributed by atoms with van der Waals surface area (Å²) in [7, 11) is 0. The normalized spacial score (nSPS) is 31.8. The molecule has 0 radical (unpaired) electrons. The first-order chi connectivity index (χ1) is 10.2. The summed E-state index contributed by atoms with van der Waals surface area (Å²) in [6.45, 7) is 15.1. The summed E-state index contributed by atoms with van der Waals surface area (Å²) in [6, 6.07) is 1.37. The van der Waals surface area contributed by atoms with Gasteiger partial charge in [-0.05, 0) is 63.8 Å². The summed E-state index contributed by atoms with van der Waals surface area (Å²) in [5.41, 5.74) is 0.382. The van der Waals surface area contributed by atoms with E-state index < -0.39 is 0 Å². The van der Waals surface area contributed by atoms with Gasteiger partial charge in [-0.3, -0.25) is 0 Å². The van der Waals surface area contributed by atoms with E-state index in [1.54, 1.807) is 0 Å². The van der Waals surface area contributed by atoms with E-state index in [4.69, 9.17) is 5.11 Å². The topological polar surface area (TPSA) is 44.3 Å². The minimum Gasteiger partial charge on any atom is -0.396 e. The predicted octanol–water partition coefficient (Wildman–Crippen LogP) is 3.57. The van der Waals surface area contributed by atoms with E-state index in [9.17, 15) is 0 Å². The van der Waals surface area contributed by atoms with Crippen molar-refractivity contribution in [1.82, 2.24) is 10.6 Å². The SMILES string of the molecule is CC(C)C1CC(CO)CCN1.CC(C)C1CCCC(C)(C)N1. The number of aliphatic hydroxyl groups excluding tert-OH is 1. The second-order valence-electron chi connectivity index (χ2n) is 8.65. The Balaban J connectivity index is 0.000000220. The highest BCUT2D eigenvalue weighted by Gasteiger charge is 2.28. The standard InChI is InChI=1S/C10H21N.C9H19NO/c1-8(2)9-6-5-7-10(3,4)11-9;1-7(2)9-5-8(6-11)3-4-10-9/h8-9,11H,5-7H2,1-4H3;7-11H,3-6H2,1-2H3. The fourth-order valence-corrected chi connectivity index (χ4v) is 3.62. The van der Waals surface area contributed by atoms with Gasteiger partial charge in [0.15, 0.2) is 0 Å². The van der Waals surface area contributed by atoms with E-state index in [0.29, 0.717) is 30.0 Å². The molecule has 2 fully saturated rings. The molecular weight excluding hydrogens is 272 g/mol. The molecule has 2 aliphatic heterocycles. The molecule has 0 aromatic rings. The van der Waals surface area contributed by atoms with Gasteiger partial charge in [0.25, 0.3) is 0 Å². The summed E-state index contributed by atoms with van der Waals surface area (Å²) in [5, 5.41) is 16.1. The van der Waals surface area contributed by atoms with Crippen molar-refractivity contribution in [2.75, 3.05) is 13.2 Å². The van der Waals surface area contributed by atoms with Crippen molar-refractivity contribution in [3.8, 4) is 0 Å². The lowest BCUT2D eigenvalue weighted by atomic mass is 9.85. The van der Waals surface area contributed by atoms with Gasteiger partial charge in [0.2, 0.25) is 0 Å². The third-order valence-electron chi connectivity index (χ3n) is 5.31. The quantitative estimate of drug-likeness (QED) is 0.746.